The molecule has 40 heavy (non-hydrogen) atoms. The fourth-order valence-corrected chi connectivity index (χ4v) is 5.44. The third kappa shape index (κ3) is 7.77. The van der Waals surface area contributed by atoms with E-state index < -0.39 is 17.6 Å². The zero-order chi connectivity index (χ0) is 28.7. The minimum atomic E-state index is -4.55. The lowest BCUT2D eigenvalue weighted by atomic mass is 9.94. The van der Waals surface area contributed by atoms with Crippen LogP contribution in [0.15, 0.2) is 72.9 Å². The summed E-state index contributed by atoms with van der Waals surface area (Å²) in [5, 5.41) is 0. The second kappa shape index (κ2) is 13.2. The Labute approximate surface area is 234 Å². The molecule has 1 aromatic heterocycles. The molecular formula is C32H38F3N3O2. The molecule has 1 saturated carbocycles. The molecule has 1 heterocycles. The molecule has 0 atom stereocenters. The van der Waals surface area contributed by atoms with Gasteiger partial charge in [-0.2, -0.15) is 13.2 Å². The van der Waals surface area contributed by atoms with E-state index in [1.54, 1.807) is 0 Å². The summed E-state index contributed by atoms with van der Waals surface area (Å²) >= 11 is 0. The maximum Gasteiger partial charge on any atom is 0.416 e. The molecule has 1 aliphatic carbocycles. The fourth-order valence-electron chi connectivity index (χ4n) is 5.44. The van der Waals surface area contributed by atoms with E-state index in [9.17, 15) is 22.8 Å². The molecular weight excluding hydrogens is 515 g/mol. The Kier molecular flexibility index (Phi) is 9.71. The van der Waals surface area contributed by atoms with Gasteiger partial charge >= 0.3 is 6.18 Å². The molecule has 0 aliphatic heterocycles. The first-order valence-corrected chi connectivity index (χ1v) is 14.1. The van der Waals surface area contributed by atoms with E-state index in [0.717, 1.165) is 55.5 Å². The Balaban J connectivity index is 1.57. The van der Waals surface area contributed by atoms with Crippen molar-refractivity contribution >= 4 is 11.8 Å². The van der Waals surface area contributed by atoms with Gasteiger partial charge in [0.15, 0.2) is 0 Å². The number of aromatic nitrogens is 1. The van der Waals surface area contributed by atoms with Gasteiger partial charge in [-0.05, 0) is 54.7 Å². The van der Waals surface area contributed by atoms with Crippen molar-refractivity contribution in [2.24, 2.45) is 5.92 Å². The highest BCUT2D eigenvalue weighted by Crippen LogP contribution is 2.30. The number of carbonyl (C=O) groups is 2. The highest BCUT2D eigenvalue weighted by atomic mass is 19.4. The van der Waals surface area contributed by atoms with Crippen LogP contribution in [0, 0.1) is 5.92 Å². The zero-order valence-electron chi connectivity index (χ0n) is 23.2. The summed E-state index contributed by atoms with van der Waals surface area (Å²) in [6.45, 7) is 5.03. The molecule has 0 N–H and O–H groups in total. The minimum absolute atomic E-state index is 0.0359. The minimum Gasteiger partial charge on any atom is -0.345 e. The summed E-state index contributed by atoms with van der Waals surface area (Å²) in [6.07, 6.45) is 2.47. The molecule has 214 valence electrons. The summed E-state index contributed by atoms with van der Waals surface area (Å²) in [7, 11) is 0. The van der Waals surface area contributed by atoms with Gasteiger partial charge in [0.1, 0.15) is 6.54 Å². The van der Waals surface area contributed by atoms with Crippen LogP contribution in [0.5, 0.6) is 0 Å². The van der Waals surface area contributed by atoms with E-state index in [1.807, 2.05) is 55.3 Å². The summed E-state index contributed by atoms with van der Waals surface area (Å²) in [5.74, 6) is -0.710. The zero-order valence-corrected chi connectivity index (χ0v) is 23.2. The smallest absolute Gasteiger partial charge is 0.345 e. The first kappa shape index (κ1) is 29.4. The van der Waals surface area contributed by atoms with Gasteiger partial charge in [-0.15, -0.1) is 0 Å². The predicted octanol–water partition coefficient (Wildman–Crippen LogP) is 7.01. The van der Waals surface area contributed by atoms with Crippen LogP contribution < -0.4 is 0 Å². The second-order valence-corrected chi connectivity index (χ2v) is 11.1. The number of amides is 2. The molecule has 8 heteroatoms. The molecule has 3 aromatic rings. The number of nitrogens with zero attached hydrogens (tertiary/aromatic N) is 3. The number of hydrogen-bond donors (Lipinski definition) is 0. The SMILES string of the molecule is CC(C)CN(CC(=O)N(Cc1cccn1Cc1ccccc1)C1CCCCC1)C(=O)c1cccc(C(F)(F)F)c1. The van der Waals surface area contributed by atoms with Crippen LogP contribution in [0.2, 0.25) is 0 Å². The molecule has 1 fully saturated rings. The molecule has 2 amide bonds. The van der Waals surface area contributed by atoms with Gasteiger partial charge < -0.3 is 14.4 Å². The molecule has 1 aliphatic rings. The van der Waals surface area contributed by atoms with Gasteiger partial charge in [0.05, 0.1) is 12.1 Å². The predicted molar refractivity (Wildman–Crippen MR) is 150 cm³/mol. The van der Waals surface area contributed by atoms with Crippen LogP contribution in [0.3, 0.4) is 0 Å². The van der Waals surface area contributed by atoms with E-state index in [1.165, 1.54) is 17.0 Å². The Morgan fingerprint density at radius 2 is 1.68 bits per heavy atom. The second-order valence-electron chi connectivity index (χ2n) is 11.1. The lowest BCUT2D eigenvalue weighted by Crippen LogP contribution is -2.48. The molecule has 0 saturated heterocycles. The number of benzene rings is 2. The van der Waals surface area contributed by atoms with Crippen molar-refractivity contribution in [1.82, 2.24) is 14.4 Å². The lowest BCUT2D eigenvalue weighted by molar-refractivity contribution is -0.138. The molecule has 4 rings (SSSR count). The molecule has 0 bridgehead atoms. The summed E-state index contributed by atoms with van der Waals surface area (Å²) in [5.41, 5.74) is 1.22. The normalized spacial score (nSPS) is 14.3. The van der Waals surface area contributed by atoms with Crippen molar-refractivity contribution < 1.29 is 22.8 Å². The van der Waals surface area contributed by atoms with Gasteiger partial charge in [0, 0.05) is 36.6 Å². The molecule has 0 spiro atoms. The van der Waals surface area contributed by atoms with Crippen molar-refractivity contribution in [3.8, 4) is 0 Å². The summed E-state index contributed by atoms with van der Waals surface area (Å²) in [6, 6.07) is 18.6. The maximum absolute atomic E-state index is 13.9. The number of halogens is 3. The number of carbonyl (C=O) groups excluding carboxylic acids is 2. The molecule has 5 nitrogen and oxygen atoms in total. The van der Waals surface area contributed by atoms with Gasteiger partial charge in [0.25, 0.3) is 5.91 Å². The van der Waals surface area contributed by atoms with E-state index in [2.05, 4.69) is 16.7 Å². The Morgan fingerprint density at radius 1 is 0.950 bits per heavy atom. The van der Waals surface area contributed by atoms with E-state index in [-0.39, 0.29) is 36.5 Å². The van der Waals surface area contributed by atoms with Gasteiger partial charge in [-0.25, -0.2) is 0 Å². The molecule has 2 aromatic carbocycles. The largest absolute Gasteiger partial charge is 0.416 e. The summed E-state index contributed by atoms with van der Waals surface area (Å²) < 4.78 is 42.1. The monoisotopic (exact) mass is 553 g/mol. The van der Waals surface area contributed by atoms with Crippen LogP contribution in [0.25, 0.3) is 0 Å². The van der Waals surface area contributed by atoms with Crippen LogP contribution in [0.4, 0.5) is 13.2 Å². The van der Waals surface area contributed by atoms with Crippen molar-refractivity contribution in [3.63, 3.8) is 0 Å². The first-order chi connectivity index (χ1) is 19.1. The standard InChI is InChI=1S/C32H38F3N3O2/c1-24(2)20-37(31(40)26-13-9-14-27(19-26)32(33,34)35)23-30(39)38(28-15-7-4-8-16-28)22-29-17-10-18-36(29)21-25-11-5-3-6-12-25/h3,5-6,9-14,17-19,24,28H,4,7-8,15-16,20-23H2,1-2H3. The van der Waals surface area contributed by atoms with Crippen molar-refractivity contribution in [2.45, 2.75) is 71.3 Å². The Hall–Kier alpha value is -3.55. The topological polar surface area (TPSA) is 45.6 Å². The van der Waals surface area contributed by atoms with E-state index >= 15 is 0 Å². The molecule has 0 radical (unpaired) electrons. The van der Waals surface area contributed by atoms with Crippen LogP contribution >= 0.6 is 0 Å². The van der Waals surface area contributed by atoms with Gasteiger partial charge in [0.2, 0.25) is 5.91 Å². The number of hydrogen-bond acceptors (Lipinski definition) is 2. The van der Waals surface area contributed by atoms with Crippen LogP contribution in [0.1, 0.15) is 73.1 Å². The van der Waals surface area contributed by atoms with Crippen LogP contribution in [-0.2, 0) is 24.1 Å². The molecule has 0 unspecified atom stereocenters. The Bertz CT molecular complexity index is 1260. The quantitative estimate of drug-likeness (QED) is 0.271. The third-order valence-electron chi connectivity index (χ3n) is 7.42. The average Bonchev–Trinajstić information content (AvgIpc) is 3.37. The van der Waals surface area contributed by atoms with Crippen LogP contribution in [-0.4, -0.2) is 45.3 Å². The highest BCUT2D eigenvalue weighted by molar-refractivity contribution is 5.96. The lowest BCUT2D eigenvalue weighted by Gasteiger charge is -2.36. The summed E-state index contributed by atoms with van der Waals surface area (Å²) in [4.78, 5) is 30.7. The number of alkyl halides is 3. The van der Waals surface area contributed by atoms with E-state index in [0.29, 0.717) is 13.1 Å². The maximum atomic E-state index is 13.9. The van der Waals surface area contributed by atoms with Crippen molar-refractivity contribution in [1.29, 1.82) is 0 Å². The highest BCUT2D eigenvalue weighted by Gasteiger charge is 2.33. The Morgan fingerprint density at radius 3 is 2.35 bits per heavy atom. The van der Waals surface area contributed by atoms with Crippen molar-refractivity contribution in [2.75, 3.05) is 13.1 Å². The van der Waals surface area contributed by atoms with Gasteiger partial charge in [-0.3, -0.25) is 9.59 Å². The fraction of sp³-hybridized carbons (Fsp3) is 0.438. The average molecular weight is 554 g/mol. The van der Waals surface area contributed by atoms with Crippen molar-refractivity contribution in [3.05, 3.63) is 95.3 Å². The third-order valence-corrected chi connectivity index (χ3v) is 7.42. The van der Waals surface area contributed by atoms with E-state index in [4.69, 9.17) is 0 Å². The van der Waals surface area contributed by atoms with Gasteiger partial charge in [-0.1, -0.05) is 69.5 Å². The first-order valence-electron chi connectivity index (χ1n) is 14.1. The number of rotatable bonds is 10.